The third-order valence-electron chi connectivity index (χ3n) is 8.09. The molecule has 4 amide bonds. The number of nitrogens with one attached hydrogen (secondary N) is 1. The van der Waals surface area contributed by atoms with Crippen LogP contribution in [0.2, 0.25) is 0 Å². The Hall–Kier alpha value is -3.92. The molecule has 3 N–H and O–H groups in total. The standard InChI is InChI=1S/C30H36N4O6/c1-18(2)26(31)27(36)32-22-11-12-23-24(15-22)39-14-13-30(23)28(37)34(29(38)40-30)17-25(35)33(19(3)21-9-10-21)16-20-7-5-4-6-8-20/h4-8,11-12,15,18-19,21,26H,9-10,13-14,16-17,31H2,1-3H3,(H,32,36)/t19-,26+,30?/m0/s1. The van der Waals surface area contributed by atoms with Crippen molar-refractivity contribution in [3.8, 4) is 5.75 Å². The first kappa shape index (κ1) is 27.6. The van der Waals surface area contributed by atoms with Crippen molar-refractivity contribution < 1.29 is 28.7 Å². The van der Waals surface area contributed by atoms with Crippen LogP contribution in [0.25, 0.3) is 0 Å². The van der Waals surface area contributed by atoms with Crippen molar-refractivity contribution in [1.82, 2.24) is 9.80 Å². The SMILES string of the molecule is CC(C)[C@@H](N)C(=O)Nc1ccc2c(c1)OCCC21OC(=O)N(CC(=O)N(Cc2ccccc2)[C@@H](C)C2CC2)C1=O. The van der Waals surface area contributed by atoms with Crippen LogP contribution in [0.3, 0.4) is 0 Å². The van der Waals surface area contributed by atoms with Crippen LogP contribution in [0.15, 0.2) is 48.5 Å². The summed E-state index contributed by atoms with van der Waals surface area (Å²) < 4.78 is 11.5. The van der Waals surface area contributed by atoms with E-state index in [1.54, 1.807) is 23.1 Å². The van der Waals surface area contributed by atoms with E-state index in [2.05, 4.69) is 5.32 Å². The average molecular weight is 549 g/mol. The fraction of sp³-hybridized carbons (Fsp3) is 0.467. The molecule has 40 heavy (non-hydrogen) atoms. The Labute approximate surface area is 233 Å². The van der Waals surface area contributed by atoms with Gasteiger partial charge in [-0.05, 0) is 49.3 Å². The highest BCUT2D eigenvalue weighted by Gasteiger charge is 2.58. The summed E-state index contributed by atoms with van der Waals surface area (Å²) >= 11 is 0. The summed E-state index contributed by atoms with van der Waals surface area (Å²) in [5.41, 5.74) is 6.17. The van der Waals surface area contributed by atoms with Crippen LogP contribution in [0.4, 0.5) is 10.5 Å². The molecule has 2 aromatic carbocycles. The zero-order valence-electron chi connectivity index (χ0n) is 23.1. The molecule has 2 aromatic rings. The molecule has 10 nitrogen and oxygen atoms in total. The predicted octanol–water partition coefficient (Wildman–Crippen LogP) is 3.39. The van der Waals surface area contributed by atoms with Crippen LogP contribution in [0, 0.1) is 11.8 Å². The quantitative estimate of drug-likeness (QED) is 0.491. The first-order chi connectivity index (χ1) is 19.1. The second-order valence-electron chi connectivity index (χ2n) is 11.2. The number of anilines is 1. The zero-order chi connectivity index (χ0) is 28.6. The lowest BCUT2D eigenvalue weighted by Gasteiger charge is -2.32. The Bertz CT molecular complexity index is 1310. The van der Waals surface area contributed by atoms with Crippen LogP contribution in [-0.2, 0) is 31.3 Å². The molecular formula is C30H36N4O6. The topological polar surface area (TPSA) is 131 Å². The molecular weight excluding hydrogens is 512 g/mol. The van der Waals surface area contributed by atoms with E-state index in [-0.39, 0.29) is 36.8 Å². The number of nitrogens with zero attached hydrogens (tertiary/aromatic N) is 2. The van der Waals surface area contributed by atoms with Crippen molar-refractivity contribution in [2.75, 3.05) is 18.5 Å². The highest BCUT2D eigenvalue weighted by Crippen LogP contribution is 2.46. The Morgan fingerprint density at radius 3 is 2.52 bits per heavy atom. The van der Waals surface area contributed by atoms with E-state index in [1.807, 2.05) is 51.1 Å². The molecule has 1 unspecified atom stereocenters. The van der Waals surface area contributed by atoms with Crippen molar-refractivity contribution in [3.05, 3.63) is 59.7 Å². The Morgan fingerprint density at radius 2 is 1.85 bits per heavy atom. The summed E-state index contributed by atoms with van der Waals surface area (Å²) in [6.07, 6.45) is 1.36. The summed E-state index contributed by atoms with van der Waals surface area (Å²) in [5.74, 6) is -0.548. The van der Waals surface area contributed by atoms with Crippen LogP contribution >= 0.6 is 0 Å². The molecule has 0 radical (unpaired) electrons. The number of nitrogens with two attached hydrogens (primary N) is 1. The van der Waals surface area contributed by atoms with Crippen LogP contribution in [-0.4, -0.2) is 58.8 Å². The molecule has 1 saturated heterocycles. The minimum atomic E-state index is -1.59. The monoisotopic (exact) mass is 548 g/mol. The highest BCUT2D eigenvalue weighted by molar-refractivity contribution is 6.06. The Morgan fingerprint density at radius 1 is 1.12 bits per heavy atom. The lowest BCUT2D eigenvalue weighted by molar-refractivity contribution is -0.144. The van der Waals surface area contributed by atoms with Crippen LogP contribution < -0.4 is 15.8 Å². The number of carbonyl (C=O) groups excluding carboxylic acids is 4. The number of hydrogen-bond donors (Lipinski definition) is 2. The molecule has 1 spiro atoms. The number of carbonyl (C=O) groups is 4. The number of fused-ring (bicyclic) bond motifs is 2. The normalized spacial score (nSPS) is 21.5. The maximum atomic E-state index is 13.8. The van der Waals surface area contributed by atoms with E-state index >= 15 is 0 Å². The number of hydrogen-bond acceptors (Lipinski definition) is 7. The van der Waals surface area contributed by atoms with Gasteiger partial charge in [0, 0.05) is 36.3 Å². The third kappa shape index (κ3) is 5.28. The molecule has 0 bridgehead atoms. The predicted molar refractivity (Wildman–Crippen MR) is 147 cm³/mol. The number of imide groups is 1. The largest absolute Gasteiger partial charge is 0.493 e. The first-order valence-electron chi connectivity index (χ1n) is 13.8. The maximum Gasteiger partial charge on any atom is 0.418 e. The third-order valence-corrected chi connectivity index (χ3v) is 8.09. The smallest absolute Gasteiger partial charge is 0.418 e. The van der Waals surface area contributed by atoms with E-state index in [0.29, 0.717) is 29.5 Å². The lowest BCUT2D eigenvalue weighted by Crippen LogP contribution is -2.48. The van der Waals surface area contributed by atoms with E-state index in [9.17, 15) is 19.2 Å². The number of rotatable bonds is 9. The first-order valence-corrected chi connectivity index (χ1v) is 13.8. The Balaban J connectivity index is 1.35. The summed E-state index contributed by atoms with van der Waals surface area (Å²) in [7, 11) is 0. The summed E-state index contributed by atoms with van der Waals surface area (Å²) in [5, 5.41) is 2.77. The van der Waals surface area contributed by atoms with Gasteiger partial charge in [-0.2, -0.15) is 0 Å². The summed E-state index contributed by atoms with van der Waals surface area (Å²) in [4.78, 5) is 55.5. The molecule has 212 valence electrons. The van der Waals surface area contributed by atoms with Gasteiger partial charge in [-0.3, -0.25) is 14.4 Å². The van der Waals surface area contributed by atoms with E-state index < -0.39 is 30.2 Å². The molecule has 3 aliphatic rings. The van der Waals surface area contributed by atoms with Crippen molar-refractivity contribution >= 4 is 29.5 Å². The van der Waals surface area contributed by atoms with Gasteiger partial charge in [-0.1, -0.05) is 44.2 Å². The molecule has 1 aliphatic carbocycles. The van der Waals surface area contributed by atoms with E-state index in [4.69, 9.17) is 15.2 Å². The fourth-order valence-electron chi connectivity index (χ4n) is 5.33. The van der Waals surface area contributed by atoms with E-state index in [0.717, 1.165) is 23.3 Å². The minimum Gasteiger partial charge on any atom is -0.493 e. The number of amides is 4. The minimum absolute atomic E-state index is 0.0170. The second-order valence-corrected chi connectivity index (χ2v) is 11.2. The molecule has 2 heterocycles. The van der Waals surface area contributed by atoms with Crippen molar-refractivity contribution in [1.29, 1.82) is 0 Å². The van der Waals surface area contributed by atoms with Crippen LogP contribution in [0.5, 0.6) is 5.75 Å². The van der Waals surface area contributed by atoms with Crippen molar-refractivity contribution in [2.45, 2.75) is 64.3 Å². The maximum absolute atomic E-state index is 13.8. The number of benzene rings is 2. The van der Waals surface area contributed by atoms with Crippen molar-refractivity contribution in [2.24, 2.45) is 17.6 Å². The van der Waals surface area contributed by atoms with Gasteiger partial charge in [0.2, 0.25) is 17.4 Å². The second kappa shape index (κ2) is 10.9. The zero-order valence-corrected chi connectivity index (χ0v) is 23.1. The molecule has 10 heteroatoms. The van der Waals surface area contributed by atoms with Gasteiger partial charge in [0.25, 0.3) is 5.91 Å². The lowest BCUT2D eigenvalue weighted by atomic mass is 9.87. The average Bonchev–Trinajstić information content (AvgIpc) is 3.76. The van der Waals surface area contributed by atoms with Crippen molar-refractivity contribution in [3.63, 3.8) is 0 Å². The fourth-order valence-corrected chi connectivity index (χ4v) is 5.33. The Kier molecular flexibility index (Phi) is 7.55. The van der Waals surface area contributed by atoms with Gasteiger partial charge in [0.05, 0.1) is 12.6 Å². The van der Waals surface area contributed by atoms with Gasteiger partial charge in [-0.25, -0.2) is 9.69 Å². The number of ether oxygens (including phenoxy) is 2. The summed E-state index contributed by atoms with van der Waals surface area (Å²) in [6.45, 7) is 5.84. The van der Waals surface area contributed by atoms with Gasteiger partial charge < -0.3 is 25.4 Å². The molecule has 3 atom stereocenters. The summed E-state index contributed by atoms with van der Waals surface area (Å²) in [6, 6.07) is 13.8. The molecule has 5 rings (SSSR count). The highest BCUT2D eigenvalue weighted by atomic mass is 16.6. The van der Waals surface area contributed by atoms with Gasteiger partial charge in [-0.15, -0.1) is 0 Å². The molecule has 1 saturated carbocycles. The van der Waals surface area contributed by atoms with Gasteiger partial charge in [0.15, 0.2) is 0 Å². The van der Waals surface area contributed by atoms with Gasteiger partial charge >= 0.3 is 6.09 Å². The van der Waals surface area contributed by atoms with Gasteiger partial charge in [0.1, 0.15) is 12.3 Å². The molecule has 2 aliphatic heterocycles. The van der Waals surface area contributed by atoms with Crippen LogP contribution in [0.1, 0.15) is 51.2 Å². The van der Waals surface area contributed by atoms with E-state index in [1.165, 1.54) is 0 Å². The molecule has 0 aromatic heterocycles. The molecule has 2 fully saturated rings.